The minimum absolute atomic E-state index is 0.239. The maximum atomic E-state index is 13.1. The van der Waals surface area contributed by atoms with Crippen molar-refractivity contribution in [2.45, 2.75) is 12.8 Å². The van der Waals surface area contributed by atoms with Crippen LogP contribution < -0.4 is 10.6 Å². The lowest BCUT2D eigenvalue weighted by Gasteiger charge is -2.11. The van der Waals surface area contributed by atoms with Crippen molar-refractivity contribution < 1.29 is 9.13 Å². The van der Waals surface area contributed by atoms with E-state index >= 15 is 0 Å². The van der Waals surface area contributed by atoms with E-state index in [-0.39, 0.29) is 5.82 Å². The van der Waals surface area contributed by atoms with Crippen molar-refractivity contribution in [3.63, 3.8) is 0 Å². The molecule has 20 heavy (non-hydrogen) atoms. The van der Waals surface area contributed by atoms with Gasteiger partial charge in [0.25, 0.3) is 0 Å². The molecule has 0 amide bonds. The zero-order valence-electron chi connectivity index (χ0n) is 11.9. The third-order valence-electron chi connectivity index (χ3n) is 2.73. The van der Waals surface area contributed by atoms with Gasteiger partial charge < -0.3 is 15.4 Å². The number of aliphatic imine (C=N–C) groups is 1. The molecule has 0 aliphatic heterocycles. The fourth-order valence-corrected chi connectivity index (χ4v) is 2.09. The number of nitrogens with one attached hydrogen (secondary N) is 2. The van der Waals surface area contributed by atoms with Gasteiger partial charge in [0, 0.05) is 33.9 Å². The van der Waals surface area contributed by atoms with Crippen molar-refractivity contribution in [1.29, 1.82) is 0 Å². The Bertz CT molecular complexity index is 440. The van der Waals surface area contributed by atoms with Crippen LogP contribution >= 0.6 is 15.9 Å². The zero-order chi connectivity index (χ0) is 14.8. The van der Waals surface area contributed by atoms with E-state index in [0.717, 1.165) is 44.1 Å². The zero-order valence-corrected chi connectivity index (χ0v) is 13.5. The number of guanidine groups is 1. The average molecular weight is 346 g/mol. The van der Waals surface area contributed by atoms with Crippen molar-refractivity contribution in [2.75, 3.05) is 33.9 Å². The first-order valence-corrected chi connectivity index (χ1v) is 7.34. The Hall–Kier alpha value is -1.14. The molecule has 0 atom stereocenters. The van der Waals surface area contributed by atoms with Crippen molar-refractivity contribution in [3.05, 3.63) is 34.1 Å². The van der Waals surface area contributed by atoms with Crippen LogP contribution in [-0.4, -0.2) is 39.8 Å². The predicted octanol–water partition coefficient (Wildman–Crippen LogP) is 2.33. The molecule has 0 fully saturated rings. The molecule has 4 nitrogen and oxygen atoms in total. The first-order chi connectivity index (χ1) is 9.67. The minimum Gasteiger partial charge on any atom is -0.385 e. The molecule has 1 rings (SSSR count). The number of methoxy groups -OCH3 is 1. The molecule has 112 valence electrons. The molecule has 0 radical (unpaired) electrons. The third kappa shape index (κ3) is 6.34. The topological polar surface area (TPSA) is 45.7 Å². The second kappa shape index (κ2) is 9.72. The number of rotatable bonds is 7. The molecule has 0 saturated heterocycles. The number of nitrogens with zero attached hydrogens (tertiary/aromatic N) is 1. The van der Waals surface area contributed by atoms with Gasteiger partial charge in [0.2, 0.25) is 0 Å². The van der Waals surface area contributed by atoms with Gasteiger partial charge in [-0.1, -0.05) is 6.07 Å². The summed E-state index contributed by atoms with van der Waals surface area (Å²) in [5.41, 5.74) is 1.07. The van der Waals surface area contributed by atoms with E-state index in [1.54, 1.807) is 26.3 Å². The van der Waals surface area contributed by atoms with Crippen molar-refractivity contribution in [3.8, 4) is 0 Å². The molecule has 1 aromatic rings. The lowest BCUT2D eigenvalue weighted by atomic mass is 10.1. The molecule has 6 heteroatoms. The monoisotopic (exact) mass is 345 g/mol. The van der Waals surface area contributed by atoms with E-state index in [1.807, 2.05) is 0 Å². The van der Waals surface area contributed by atoms with Crippen LogP contribution in [0.1, 0.15) is 12.0 Å². The lowest BCUT2D eigenvalue weighted by molar-refractivity contribution is 0.195. The van der Waals surface area contributed by atoms with Gasteiger partial charge in [0.15, 0.2) is 5.96 Å². The van der Waals surface area contributed by atoms with Crippen LogP contribution in [0.2, 0.25) is 0 Å². The van der Waals surface area contributed by atoms with E-state index in [9.17, 15) is 4.39 Å². The highest BCUT2D eigenvalue weighted by Gasteiger charge is 2.01. The first kappa shape index (κ1) is 16.9. The molecule has 0 aliphatic rings. The molecule has 0 heterocycles. The normalized spacial score (nSPS) is 11.5. The molecule has 2 N–H and O–H groups in total. The SMILES string of the molecule is CN=C(NCCCOC)NCCc1ccc(F)c(Br)c1. The quantitative estimate of drug-likeness (QED) is 0.453. The molecule has 1 aromatic carbocycles. The second-order valence-electron chi connectivity index (χ2n) is 4.27. The number of hydrogen-bond acceptors (Lipinski definition) is 2. The summed E-state index contributed by atoms with van der Waals surface area (Å²) in [5, 5.41) is 6.42. The van der Waals surface area contributed by atoms with E-state index in [0.29, 0.717) is 4.47 Å². The standard InChI is InChI=1S/C14H21BrFN3O/c1-17-14(18-7-3-9-20-2)19-8-6-11-4-5-13(16)12(15)10-11/h4-5,10H,3,6-9H2,1-2H3,(H2,17,18,19). The Labute approximate surface area is 127 Å². The Morgan fingerprint density at radius 2 is 2.10 bits per heavy atom. The third-order valence-corrected chi connectivity index (χ3v) is 3.34. The molecular formula is C14H21BrFN3O. The average Bonchev–Trinajstić information content (AvgIpc) is 2.45. The number of halogens is 2. The van der Waals surface area contributed by atoms with Crippen molar-refractivity contribution in [1.82, 2.24) is 10.6 Å². The highest BCUT2D eigenvalue weighted by molar-refractivity contribution is 9.10. The Morgan fingerprint density at radius 3 is 2.75 bits per heavy atom. The van der Waals surface area contributed by atoms with Gasteiger partial charge in [-0.15, -0.1) is 0 Å². The highest BCUT2D eigenvalue weighted by Crippen LogP contribution is 2.16. The predicted molar refractivity (Wildman–Crippen MR) is 83.7 cm³/mol. The molecule has 0 aliphatic carbocycles. The maximum Gasteiger partial charge on any atom is 0.190 e. The summed E-state index contributed by atoms with van der Waals surface area (Å²) in [4.78, 5) is 4.13. The highest BCUT2D eigenvalue weighted by atomic mass is 79.9. The van der Waals surface area contributed by atoms with E-state index in [1.165, 1.54) is 6.07 Å². The summed E-state index contributed by atoms with van der Waals surface area (Å²) in [6, 6.07) is 5.06. The fourth-order valence-electron chi connectivity index (χ4n) is 1.66. The van der Waals surface area contributed by atoms with Crippen LogP contribution in [0.4, 0.5) is 4.39 Å². The summed E-state index contributed by atoms with van der Waals surface area (Å²) in [6.45, 7) is 2.28. The maximum absolute atomic E-state index is 13.1. The molecule has 0 saturated carbocycles. The van der Waals surface area contributed by atoms with Crippen LogP contribution in [0.25, 0.3) is 0 Å². The van der Waals surface area contributed by atoms with E-state index in [4.69, 9.17) is 4.74 Å². The van der Waals surface area contributed by atoms with Crippen LogP contribution in [-0.2, 0) is 11.2 Å². The van der Waals surface area contributed by atoms with Gasteiger partial charge in [-0.2, -0.15) is 0 Å². The Balaban J connectivity index is 2.29. The van der Waals surface area contributed by atoms with Gasteiger partial charge >= 0.3 is 0 Å². The lowest BCUT2D eigenvalue weighted by Crippen LogP contribution is -2.39. The number of ether oxygens (including phenoxy) is 1. The van der Waals surface area contributed by atoms with Gasteiger partial charge in [-0.3, -0.25) is 4.99 Å². The second-order valence-corrected chi connectivity index (χ2v) is 5.12. The summed E-state index contributed by atoms with van der Waals surface area (Å²) in [6.07, 6.45) is 1.74. The van der Waals surface area contributed by atoms with Gasteiger partial charge in [-0.25, -0.2) is 4.39 Å². The summed E-state index contributed by atoms with van der Waals surface area (Å²) in [7, 11) is 3.42. The summed E-state index contributed by atoms with van der Waals surface area (Å²) in [5.74, 6) is 0.527. The molecule has 0 spiro atoms. The van der Waals surface area contributed by atoms with Crippen molar-refractivity contribution >= 4 is 21.9 Å². The summed E-state index contributed by atoms with van der Waals surface area (Å²) < 4.78 is 18.6. The molecular weight excluding hydrogens is 325 g/mol. The van der Waals surface area contributed by atoms with Crippen LogP contribution in [0.5, 0.6) is 0 Å². The van der Waals surface area contributed by atoms with Gasteiger partial charge in [0.05, 0.1) is 4.47 Å². The Morgan fingerprint density at radius 1 is 1.35 bits per heavy atom. The van der Waals surface area contributed by atoms with Crippen LogP contribution in [0.3, 0.4) is 0 Å². The number of benzene rings is 1. The minimum atomic E-state index is -0.239. The fraction of sp³-hybridized carbons (Fsp3) is 0.500. The Kier molecular flexibility index (Phi) is 8.22. The molecule has 0 bridgehead atoms. The number of hydrogen-bond donors (Lipinski definition) is 2. The molecule has 0 unspecified atom stereocenters. The summed E-state index contributed by atoms with van der Waals surface area (Å²) >= 11 is 3.19. The molecule has 0 aromatic heterocycles. The largest absolute Gasteiger partial charge is 0.385 e. The van der Waals surface area contributed by atoms with E-state index in [2.05, 4.69) is 31.6 Å². The van der Waals surface area contributed by atoms with Crippen LogP contribution in [0.15, 0.2) is 27.7 Å². The van der Waals surface area contributed by atoms with Gasteiger partial charge in [0.1, 0.15) is 5.82 Å². The first-order valence-electron chi connectivity index (χ1n) is 6.54. The van der Waals surface area contributed by atoms with Gasteiger partial charge in [-0.05, 0) is 46.5 Å². The van der Waals surface area contributed by atoms with E-state index < -0.39 is 0 Å². The van der Waals surface area contributed by atoms with Crippen LogP contribution in [0, 0.1) is 5.82 Å². The van der Waals surface area contributed by atoms with Crippen molar-refractivity contribution in [2.24, 2.45) is 4.99 Å². The smallest absolute Gasteiger partial charge is 0.190 e.